The Balaban J connectivity index is 2.24. The minimum absolute atomic E-state index is 0.0362. The van der Waals surface area contributed by atoms with Crippen molar-refractivity contribution in [2.75, 3.05) is 0 Å². The lowest BCUT2D eigenvalue weighted by atomic mass is 9.61. The first-order valence-electron chi connectivity index (χ1n) is 9.44. The van der Waals surface area contributed by atoms with Crippen LogP contribution in [0.2, 0.25) is 0 Å². The molecular formula is C23H27N3+2. The molecule has 5 rings (SSSR count). The van der Waals surface area contributed by atoms with Gasteiger partial charge in [-0.25, -0.2) is 4.57 Å². The molecule has 1 aromatic carbocycles. The van der Waals surface area contributed by atoms with Crippen molar-refractivity contribution in [1.82, 2.24) is 4.40 Å². The minimum atomic E-state index is 0.0362. The van der Waals surface area contributed by atoms with Gasteiger partial charge in [-0.05, 0) is 12.1 Å². The third-order valence-corrected chi connectivity index (χ3v) is 7.35. The third-order valence-electron chi connectivity index (χ3n) is 7.35. The smallest absolute Gasteiger partial charge is 0.227 e. The normalized spacial score (nSPS) is 17.7. The maximum Gasteiger partial charge on any atom is 0.360 e. The summed E-state index contributed by atoms with van der Waals surface area (Å²) in [5.41, 5.74) is 8.17. The molecule has 0 N–H and O–H groups in total. The van der Waals surface area contributed by atoms with Gasteiger partial charge in [0.1, 0.15) is 18.8 Å². The van der Waals surface area contributed by atoms with Gasteiger partial charge in [0.05, 0.1) is 12.4 Å². The maximum atomic E-state index is 2.53. The Kier molecular flexibility index (Phi) is 2.71. The first-order valence-corrected chi connectivity index (χ1v) is 9.44. The van der Waals surface area contributed by atoms with E-state index in [-0.39, 0.29) is 10.8 Å². The van der Waals surface area contributed by atoms with Crippen molar-refractivity contribution in [3.05, 3.63) is 53.5 Å². The molecule has 0 aliphatic carbocycles. The third kappa shape index (κ3) is 1.52. The number of aryl methyl sites for hydroxylation is 3. The standard InChI is InChI=1S/C23H27N3/c1-14-11-12-16-15-9-8-10-17-19(15)26-18(23(4,5)22(17,2)3)13-24(6)21(26)20(16)25(14)7/h8-13H,1-7H3/q+2. The zero-order valence-corrected chi connectivity index (χ0v) is 16.8. The number of fused-ring (bicyclic) bond motifs is 3. The fraction of sp³-hybridized carbons (Fsp3) is 0.391. The molecule has 1 aliphatic rings. The van der Waals surface area contributed by atoms with E-state index in [1.807, 2.05) is 0 Å². The number of para-hydroxylation sites is 1. The van der Waals surface area contributed by atoms with Gasteiger partial charge in [0.15, 0.2) is 11.4 Å². The van der Waals surface area contributed by atoms with Crippen LogP contribution in [0.3, 0.4) is 0 Å². The quantitative estimate of drug-likeness (QED) is 0.340. The summed E-state index contributed by atoms with van der Waals surface area (Å²) in [7, 11) is 4.37. The monoisotopic (exact) mass is 345 g/mol. The van der Waals surface area contributed by atoms with E-state index >= 15 is 0 Å². The van der Waals surface area contributed by atoms with Crippen LogP contribution in [0.25, 0.3) is 27.5 Å². The van der Waals surface area contributed by atoms with Crippen LogP contribution in [-0.2, 0) is 24.9 Å². The fourth-order valence-corrected chi connectivity index (χ4v) is 4.92. The van der Waals surface area contributed by atoms with Gasteiger partial charge in [-0.2, -0.15) is 8.97 Å². The SMILES string of the molecule is Cc1ccc2c3cccc4c3n3c(c[n+](C)c3c2[n+]1C)C(C)(C)C4(C)C. The Hall–Kier alpha value is -2.42. The molecule has 0 saturated carbocycles. The summed E-state index contributed by atoms with van der Waals surface area (Å²) in [5, 5.41) is 2.68. The highest BCUT2D eigenvalue weighted by atomic mass is 15.1. The van der Waals surface area contributed by atoms with Crippen LogP contribution < -0.4 is 9.13 Å². The Morgan fingerprint density at radius 3 is 2.35 bits per heavy atom. The molecule has 0 amide bonds. The van der Waals surface area contributed by atoms with Crippen LogP contribution in [0.4, 0.5) is 0 Å². The van der Waals surface area contributed by atoms with Crippen LogP contribution in [0, 0.1) is 6.92 Å². The van der Waals surface area contributed by atoms with Crippen LogP contribution in [0.5, 0.6) is 0 Å². The average Bonchev–Trinajstić information content (AvgIpc) is 2.94. The molecule has 0 radical (unpaired) electrons. The lowest BCUT2D eigenvalue weighted by Crippen LogP contribution is -2.44. The maximum absolute atomic E-state index is 2.53. The number of benzene rings is 1. The number of imidazole rings is 1. The summed E-state index contributed by atoms with van der Waals surface area (Å²) < 4.78 is 7.18. The summed E-state index contributed by atoms with van der Waals surface area (Å²) in [6, 6.07) is 11.4. The summed E-state index contributed by atoms with van der Waals surface area (Å²) in [4.78, 5) is 0. The molecule has 3 nitrogen and oxygen atoms in total. The summed E-state index contributed by atoms with van der Waals surface area (Å²) >= 11 is 0. The highest BCUT2D eigenvalue weighted by Gasteiger charge is 2.50. The van der Waals surface area contributed by atoms with Crippen molar-refractivity contribution >= 4 is 27.5 Å². The molecule has 3 heteroatoms. The van der Waals surface area contributed by atoms with Gasteiger partial charge in [-0.15, -0.1) is 0 Å². The van der Waals surface area contributed by atoms with E-state index in [1.54, 1.807) is 0 Å². The van der Waals surface area contributed by atoms with Crippen LogP contribution in [0.15, 0.2) is 36.5 Å². The van der Waals surface area contributed by atoms with Crippen molar-refractivity contribution in [1.29, 1.82) is 0 Å². The lowest BCUT2D eigenvalue weighted by molar-refractivity contribution is -0.667. The molecule has 0 saturated heterocycles. The molecule has 26 heavy (non-hydrogen) atoms. The van der Waals surface area contributed by atoms with Gasteiger partial charge >= 0.3 is 11.2 Å². The molecule has 0 fully saturated rings. The Morgan fingerprint density at radius 2 is 1.62 bits per heavy atom. The van der Waals surface area contributed by atoms with Crippen LogP contribution in [-0.4, -0.2) is 4.40 Å². The molecule has 0 bridgehead atoms. The van der Waals surface area contributed by atoms with E-state index < -0.39 is 0 Å². The Morgan fingerprint density at radius 1 is 0.885 bits per heavy atom. The Bertz CT molecular complexity index is 1260. The fourth-order valence-electron chi connectivity index (χ4n) is 4.92. The van der Waals surface area contributed by atoms with Gasteiger partial charge in [0.25, 0.3) is 0 Å². The zero-order chi connectivity index (χ0) is 18.6. The Labute approximate surface area is 154 Å². The minimum Gasteiger partial charge on any atom is -0.227 e. The molecule has 132 valence electrons. The highest BCUT2D eigenvalue weighted by molar-refractivity contribution is 6.09. The van der Waals surface area contributed by atoms with Gasteiger partial charge in [-0.1, -0.05) is 39.8 Å². The van der Waals surface area contributed by atoms with Gasteiger partial charge in [0, 0.05) is 34.8 Å². The largest absolute Gasteiger partial charge is 0.360 e. The molecular weight excluding hydrogens is 318 g/mol. The van der Waals surface area contributed by atoms with Gasteiger partial charge in [-0.3, -0.25) is 0 Å². The van der Waals surface area contributed by atoms with E-state index in [1.165, 1.54) is 44.4 Å². The molecule has 1 aliphatic heterocycles. The number of rotatable bonds is 0. The predicted octanol–water partition coefficient (Wildman–Crippen LogP) is 3.77. The lowest BCUT2D eigenvalue weighted by Gasteiger charge is -2.42. The van der Waals surface area contributed by atoms with Crippen molar-refractivity contribution in [3.63, 3.8) is 0 Å². The molecule has 4 heterocycles. The van der Waals surface area contributed by atoms with Crippen molar-refractivity contribution in [2.45, 2.75) is 45.4 Å². The highest BCUT2D eigenvalue weighted by Crippen LogP contribution is 2.50. The molecule has 3 aromatic heterocycles. The van der Waals surface area contributed by atoms with E-state index in [2.05, 4.69) is 98.8 Å². The number of hydrogen-bond donors (Lipinski definition) is 0. The number of aromatic nitrogens is 3. The number of pyridine rings is 2. The summed E-state index contributed by atoms with van der Waals surface area (Å²) in [6.07, 6.45) is 2.34. The van der Waals surface area contributed by atoms with Gasteiger partial charge < -0.3 is 0 Å². The first kappa shape index (κ1) is 15.8. The van der Waals surface area contributed by atoms with Crippen molar-refractivity contribution in [3.8, 4) is 0 Å². The van der Waals surface area contributed by atoms with E-state index in [4.69, 9.17) is 0 Å². The average molecular weight is 345 g/mol. The van der Waals surface area contributed by atoms with E-state index in [0.717, 1.165) is 0 Å². The molecule has 0 atom stereocenters. The van der Waals surface area contributed by atoms with Crippen LogP contribution in [0.1, 0.15) is 44.6 Å². The van der Waals surface area contributed by atoms with Crippen LogP contribution >= 0.6 is 0 Å². The summed E-state index contributed by atoms with van der Waals surface area (Å²) in [5.74, 6) is 0. The molecule has 4 aromatic rings. The molecule has 0 unspecified atom stereocenters. The van der Waals surface area contributed by atoms with E-state index in [0.29, 0.717) is 0 Å². The summed E-state index contributed by atoms with van der Waals surface area (Å²) in [6.45, 7) is 11.7. The second-order valence-corrected chi connectivity index (χ2v) is 9.03. The van der Waals surface area contributed by atoms with E-state index in [9.17, 15) is 0 Å². The van der Waals surface area contributed by atoms with Crippen molar-refractivity contribution < 1.29 is 9.13 Å². The zero-order valence-electron chi connectivity index (χ0n) is 16.8. The predicted molar refractivity (Wildman–Crippen MR) is 106 cm³/mol. The molecule has 0 spiro atoms. The number of hydrogen-bond acceptors (Lipinski definition) is 0. The number of nitrogens with zero attached hydrogens (tertiary/aromatic N) is 3. The second kappa shape index (κ2) is 4.46. The van der Waals surface area contributed by atoms with Gasteiger partial charge in [0.2, 0.25) is 0 Å². The topological polar surface area (TPSA) is 12.2 Å². The first-order chi connectivity index (χ1) is 12.2. The van der Waals surface area contributed by atoms with Crippen molar-refractivity contribution in [2.24, 2.45) is 14.1 Å². The second-order valence-electron chi connectivity index (χ2n) is 9.03.